The highest BCUT2D eigenvalue weighted by atomic mass is 19.1. The lowest BCUT2D eigenvalue weighted by molar-refractivity contribution is 0.0991. The van der Waals surface area contributed by atoms with Gasteiger partial charge in [-0.15, -0.1) is 0 Å². The summed E-state index contributed by atoms with van der Waals surface area (Å²) in [4.78, 5) is 11.2. The van der Waals surface area contributed by atoms with Gasteiger partial charge in [0.05, 0.1) is 5.56 Å². The number of halogens is 1. The lowest BCUT2D eigenvalue weighted by atomic mass is 10.1. The van der Waals surface area contributed by atoms with Crippen LogP contribution < -0.4 is 16.2 Å². The maximum atomic E-state index is 13.0. The Hall–Kier alpha value is -1.62. The zero-order valence-electron chi connectivity index (χ0n) is 9.36. The van der Waals surface area contributed by atoms with E-state index in [-0.39, 0.29) is 17.7 Å². The molecule has 4 nitrogen and oxygen atoms in total. The molecule has 17 heavy (non-hydrogen) atoms. The van der Waals surface area contributed by atoms with Crippen molar-refractivity contribution >= 4 is 5.91 Å². The van der Waals surface area contributed by atoms with Gasteiger partial charge in [0.2, 0.25) is 0 Å². The summed E-state index contributed by atoms with van der Waals surface area (Å²) < 4.78 is 18.7. The van der Waals surface area contributed by atoms with E-state index in [2.05, 4.69) is 0 Å². The Bertz CT molecular complexity index is 437. The van der Waals surface area contributed by atoms with Crippen molar-refractivity contribution in [3.8, 4) is 5.75 Å². The van der Waals surface area contributed by atoms with E-state index in [0.717, 1.165) is 25.3 Å². The minimum absolute atomic E-state index is 0.0409. The molecular formula is C12H15FN2O2. The van der Waals surface area contributed by atoms with Crippen molar-refractivity contribution in [2.75, 3.05) is 0 Å². The molecule has 0 aliphatic heterocycles. The number of benzene rings is 1. The molecule has 1 aliphatic carbocycles. The van der Waals surface area contributed by atoms with Crippen LogP contribution in [0, 0.1) is 5.82 Å². The third-order valence-electron chi connectivity index (χ3n) is 2.99. The van der Waals surface area contributed by atoms with Crippen LogP contribution in [-0.4, -0.2) is 18.1 Å². The minimum Gasteiger partial charge on any atom is -0.488 e. The first kappa shape index (κ1) is 11.9. The molecule has 0 radical (unpaired) electrons. The van der Waals surface area contributed by atoms with Crippen molar-refractivity contribution in [1.82, 2.24) is 0 Å². The van der Waals surface area contributed by atoms with E-state index in [1.54, 1.807) is 0 Å². The van der Waals surface area contributed by atoms with Crippen molar-refractivity contribution in [1.29, 1.82) is 0 Å². The van der Waals surface area contributed by atoms with Gasteiger partial charge in [-0.3, -0.25) is 4.79 Å². The summed E-state index contributed by atoms with van der Waals surface area (Å²) in [6.45, 7) is 0. The Kier molecular flexibility index (Phi) is 3.28. The monoisotopic (exact) mass is 238 g/mol. The smallest absolute Gasteiger partial charge is 0.252 e. The molecule has 4 N–H and O–H groups in total. The SMILES string of the molecule is NC(=O)c1cc(F)ccc1OC1CCCC1N. The molecular weight excluding hydrogens is 223 g/mol. The van der Waals surface area contributed by atoms with Gasteiger partial charge in [0.25, 0.3) is 5.91 Å². The number of ether oxygens (including phenoxy) is 1. The molecule has 1 aromatic rings. The van der Waals surface area contributed by atoms with Gasteiger partial charge in [0.1, 0.15) is 17.7 Å². The van der Waals surface area contributed by atoms with Crippen molar-refractivity contribution in [3.05, 3.63) is 29.6 Å². The molecule has 0 bridgehead atoms. The number of nitrogens with two attached hydrogens (primary N) is 2. The van der Waals surface area contributed by atoms with Gasteiger partial charge >= 0.3 is 0 Å². The van der Waals surface area contributed by atoms with E-state index < -0.39 is 11.7 Å². The van der Waals surface area contributed by atoms with E-state index in [4.69, 9.17) is 16.2 Å². The molecule has 2 rings (SSSR count). The minimum atomic E-state index is -0.703. The number of carbonyl (C=O) groups is 1. The highest BCUT2D eigenvalue weighted by Gasteiger charge is 2.26. The van der Waals surface area contributed by atoms with E-state index in [1.165, 1.54) is 12.1 Å². The fourth-order valence-corrected chi connectivity index (χ4v) is 2.06. The number of hydrogen-bond donors (Lipinski definition) is 2. The van der Waals surface area contributed by atoms with Crippen LogP contribution in [0.2, 0.25) is 0 Å². The third-order valence-corrected chi connectivity index (χ3v) is 2.99. The fourth-order valence-electron chi connectivity index (χ4n) is 2.06. The molecule has 1 fully saturated rings. The van der Waals surface area contributed by atoms with Crippen molar-refractivity contribution in [2.24, 2.45) is 11.5 Å². The molecule has 1 amide bonds. The van der Waals surface area contributed by atoms with Crippen LogP contribution in [0.15, 0.2) is 18.2 Å². The Morgan fingerprint density at radius 3 is 2.76 bits per heavy atom. The second kappa shape index (κ2) is 4.71. The molecule has 5 heteroatoms. The summed E-state index contributed by atoms with van der Waals surface area (Å²) in [7, 11) is 0. The first-order chi connectivity index (χ1) is 8.08. The molecule has 1 aromatic carbocycles. The number of amides is 1. The van der Waals surface area contributed by atoms with Gasteiger partial charge in [-0.2, -0.15) is 0 Å². The number of hydrogen-bond acceptors (Lipinski definition) is 3. The molecule has 1 saturated carbocycles. The molecule has 0 heterocycles. The van der Waals surface area contributed by atoms with E-state index >= 15 is 0 Å². The Labute approximate surface area is 98.7 Å². The third kappa shape index (κ3) is 2.55. The average Bonchev–Trinajstić information content (AvgIpc) is 2.67. The summed E-state index contributed by atoms with van der Waals surface area (Å²) in [5.74, 6) is -0.908. The van der Waals surface area contributed by atoms with Gasteiger partial charge in [0, 0.05) is 6.04 Å². The number of carbonyl (C=O) groups excluding carboxylic acids is 1. The molecule has 2 atom stereocenters. The van der Waals surface area contributed by atoms with E-state index in [1.807, 2.05) is 0 Å². The van der Waals surface area contributed by atoms with Crippen LogP contribution in [0.3, 0.4) is 0 Å². The standard InChI is InChI=1S/C12H15FN2O2/c13-7-4-5-10(8(6-7)12(15)16)17-11-3-1-2-9(11)14/h4-6,9,11H,1-3,14H2,(H2,15,16). The number of primary amides is 1. The highest BCUT2D eigenvalue weighted by Crippen LogP contribution is 2.26. The van der Waals surface area contributed by atoms with E-state index in [9.17, 15) is 9.18 Å². The maximum absolute atomic E-state index is 13.0. The Morgan fingerprint density at radius 2 is 2.18 bits per heavy atom. The Balaban J connectivity index is 2.22. The predicted octanol–water partition coefficient (Wildman–Crippen LogP) is 1.18. The Morgan fingerprint density at radius 1 is 1.41 bits per heavy atom. The van der Waals surface area contributed by atoms with Crippen LogP contribution in [0.4, 0.5) is 4.39 Å². The van der Waals surface area contributed by atoms with E-state index in [0.29, 0.717) is 5.75 Å². The zero-order chi connectivity index (χ0) is 12.4. The summed E-state index contributed by atoms with van der Waals surface area (Å²) >= 11 is 0. The largest absolute Gasteiger partial charge is 0.488 e. The van der Waals surface area contributed by atoms with Crippen LogP contribution in [0.1, 0.15) is 29.6 Å². The molecule has 0 spiro atoms. The molecule has 92 valence electrons. The zero-order valence-corrected chi connectivity index (χ0v) is 9.36. The summed E-state index contributed by atoms with van der Waals surface area (Å²) in [6, 6.07) is 3.70. The highest BCUT2D eigenvalue weighted by molar-refractivity contribution is 5.95. The van der Waals surface area contributed by atoms with Crippen LogP contribution in [0.25, 0.3) is 0 Å². The average molecular weight is 238 g/mol. The summed E-state index contributed by atoms with van der Waals surface area (Å²) in [6.07, 6.45) is 2.62. The lowest BCUT2D eigenvalue weighted by Crippen LogP contribution is -2.34. The van der Waals surface area contributed by atoms with Crippen LogP contribution in [-0.2, 0) is 0 Å². The molecule has 2 unspecified atom stereocenters. The van der Waals surface area contributed by atoms with Crippen LogP contribution in [0.5, 0.6) is 5.75 Å². The fraction of sp³-hybridized carbons (Fsp3) is 0.417. The molecule has 1 aliphatic rings. The molecule has 0 aromatic heterocycles. The first-order valence-electron chi connectivity index (χ1n) is 5.59. The van der Waals surface area contributed by atoms with Gasteiger partial charge < -0.3 is 16.2 Å². The van der Waals surface area contributed by atoms with Crippen molar-refractivity contribution < 1.29 is 13.9 Å². The van der Waals surface area contributed by atoms with Gasteiger partial charge in [-0.1, -0.05) is 0 Å². The first-order valence-corrected chi connectivity index (χ1v) is 5.59. The summed E-state index contributed by atoms with van der Waals surface area (Å²) in [5.41, 5.74) is 11.1. The molecule has 0 saturated heterocycles. The van der Waals surface area contributed by atoms with Crippen LogP contribution >= 0.6 is 0 Å². The maximum Gasteiger partial charge on any atom is 0.252 e. The van der Waals surface area contributed by atoms with Gasteiger partial charge in [-0.05, 0) is 37.5 Å². The second-order valence-corrected chi connectivity index (χ2v) is 4.26. The normalized spacial score (nSPS) is 23.6. The van der Waals surface area contributed by atoms with Crippen molar-refractivity contribution in [3.63, 3.8) is 0 Å². The topological polar surface area (TPSA) is 78.3 Å². The van der Waals surface area contributed by atoms with Crippen molar-refractivity contribution in [2.45, 2.75) is 31.4 Å². The second-order valence-electron chi connectivity index (χ2n) is 4.26. The predicted molar refractivity (Wildman–Crippen MR) is 61.2 cm³/mol. The lowest BCUT2D eigenvalue weighted by Gasteiger charge is -2.19. The number of rotatable bonds is 3. The van der Waals surface area contributed by atoms with Gasteiger partial charge in [0.15, 0.2) is 0 Å². The quantitative estimate of drug-likeness (QED) is 0.830. The van der Waals surface area contributed by atoms with Gasteiger partial charge in [-0.25, -0.2) is 4.39 Å². The summed E-state index contributed by atoms with van der Waals surface area (Å²) in [5, 5.41) is 0.